The highest BCUT2D eigenvalue weighted by Gasteiger charge is 2.39. The highest BCUT2D eigenvalue weighted by atomic mass is 19.4. The van der Waals surface area contributed by atoms with Crippen molar-refractivity contribution in [1.29, 1.82) is 0 Å². The van der Waals surface area contributed by atoms with E-state index in [1.165, 1.54) is 12.1 Å². The average molecular weight is 443 g/mol. The fraction of sp³-hybridized carbons (Fsp3) is 0.391. The number of rotatable bonds is 4. The van der Waals surface area contributed by atoms with Gasteiger partial charge in [-0.2, -0.15) is 18.3 Å². The number of carbonyl (C=O) groups excluding carboxylic acids is 1. The lowest BCUT2D eigenvalue weighted by Crippen LogP contribution is -2.39. The average Bonchev–Trinajstić information content (AvgIpc) is 3.34. The molecule has 2 aliphatic heterocycles. The number of fused-ring (bicyclic) bond motifs is 3. The zero-order valence-electron chi connectivity index (χ0n) is 17.4. The maximum absolute atomic E-state index is 13.9. The number of hydrogen-bond acceptors (Lipinski definition) is 3. The summed E-state index contributed by atoms with van der Waals surface area (Å²) in [5.41, 5.74) is 1.26. The molecule has 0 unspecified atom stereocenters. The van der Waals surface area contributed by atoms with Gasteiger partial charge in [-0.1, -0.05) is 12.1 Å². The molecule has 2 fully saturated rings. The van der Waals surface area contributed by atoms with Crippen molar-refractivity contribution >= 4 is 28.3 Å². The normalized spacial score (nSPS) is 20.5. The lowest BCUT2D eigenvalue weighted by Gasteiger charge is -2.37. The number of aromatic nitrogens is 2. The Morgan fingerprint density at radius 2 is 1.91 bits per heavy atom. The van der Waals surface area contributed by atoms with Gasteiger partial charge in [-0.3, -0.25) is 5.10 Å². The lowest BCUT2D eigenvalue weighted by atomic mass is 9.99. The molecule has 0 aliphatic carbocycles. The van der Waals surface area contributed by atoms with E-state index in [1.807, 2.05) is 6.07 Å². The molecule has 2 aromatic carbocycles. The second-order valence-electron chi connectivity index (χ2n) is 8.51. The smallest absolute Gasteiger partial charge is 0.366 e. The molecule has 0 radical (unpaired) electrons. The van der Waals surface area contributed by atoms with Crippen LogP contribution in [0.5, 0.6) is 0 Å². The van der Waals surface area contributed by atoms with Gasteiger partial charge in [-0.25, -0.2) is 4.79 Å². The molecule has 2 bridgehead atoms. The van der Waals surface area contributed by atoms with Crippen LogP contribution in [0.25, 0.3) is 10.9 Å². The molecule has 0 saturated carbocycles. The number of amides is 2. The number of benzene rings is 2. The van der Waals surface area contributed by atoms with Gasteiger partial charge >= 0.3 is 12.2 Å². The SMILES string of the molecule is O=C(NCc1ccc(N2[C@@H]3CCC[C@H]2CC3)cc1C(F)(F)F)Nc1cccc2[nH]ncc12. The van der Waals surface area contributed by atoms with Crippen LogP contribution in [0.15, 0.2) is 42.6 Å². The molecule has 168 valence electrons. The fourth-order valence-corrected chi connectivity index (χ4v) is 5.10. The molecule has 2 aliphatic rings. The number of piperidine rings is 1. The summed E-state index contributed by atoms with van der Waals surface area (Å²) in [6.45, 7) is -0.227. The van der Waals surface area contributed by atoms with Crippen molar-refractivity contribution < 1.29 is 18.0 Å². The maximum atomic E-state index is 13.9. The Kier molecular flexibility index (Phi) is 5.19. The number of nitrogens with one attached hydrogen (secondary N) is 3. The number of halogens is 3. The van der Waals surface area contributed by atoms with E-state index in [2.05, 4.69) is 25.7 Å². The fourth-order valence-electron chi connectivity index (χ4n) is 5.10. The summed E-state index contributed by atoms with van der Waals surface area (Å²) < 4.78 is 41.6. The van der Waals surface area contributed by atoms with Gasteiger partial charge < -0.3 is 15.5 Å². The highest BCUT2D eigenvalue weighted by Crippen LogP contribution is 2.42. The third-order valence-electron chi connectivity index (χ3n) is 6.56. The Morgan fingerprint density at radius 3 is 2.66 bits per heavy atom. The third-order valence-corrected chi connectivity index (χ3v) is 6.56. The summed E-state index contributed by atoms with van der Waals surface area (Å²) in [5.74, 6) is 0. The number of H-pyrrole nitrogens is 1. The molecule has 2 saturated heterocycles. The zero-order valence-corrected chi connectivity index (χ0v) is 17.4. The number of carbonyl (C=O) groups is 1. The highest BCUT2D eigenvalue weighted by molar-refractivity contribution is 6.00. The van der Waals surface area contributed by atoms with E-state index in [1.54, 1.807) is 24.4 Å². The Labute approximate surface area is 183 Å². The van der Waals surface area contributed by atoms with Crippen molar-refractivity contribution in [1.82, 2.24) is 15.5 Å². The van der Waals surface area contributed by atoms with Crippen LogP contribution in [-0.2, 0) is 12.7 Å². The van der Waals surface area contributed by atoms with Gasteiger partial charge in [-0.15, -0.1) is 0 Å². The summed E-state index contributed by atoms with van der Waals surface area (Å²) in [7, 11) is 0. The Bertz CT molecular complexity index is 1130. The standard InChI is InChI=1S/C23H24F3N5O/c24-23(25,26)19-11-17(31-15-3-1-4-16(31)10-9-15)8-7-14(19)12-27-22(32)29-20-5-2-6-21-18(20)13-28-30-21/h2,5-8,11,13,15-16H,1,3-4,9-10,12H2,(H,28,30)(H2,27,29,32)/t15-,16+. The summed E-state index contributed by atoms with van der Waals surface area (Å²) in [5, 5.41) is 12.7. The number of urea groups is 1. The number of alkyl halides is 3. The minimum Gasteiger partial charge on any atom is -0.366 e. The zero-order chi connectivity index (χ0) is 22.3. The van der Waals surface area contributed by atoms with Crippen LogP contribution in [0.1, 0.15) is 43.2 Å². The summed E-state index contributed by atoms with van der Waals surface area (Å²) in [6.07, 6.45) is 2.37. The Morgan fingerprint density at radius 1 is 1.12 bits per heavy atom. The van der Waals surface area contributed by atoms with Crippen molar-refractivity contribution in [3.8, 4) is 0 Å². The molecule has 32 heavy (non-hydrogen) atoms. The topological polar surface area (TPSA) is 73.1 Å². The molecule has 3 heterocycles. The van der Waals surface area contributed by atoms with Crippen molar-refractivity contribution in [2.75, 3.05) is 10.2 Å². The van der Waals surface area contributed by atoms with E-state index in [-0.39, 0.29) is 12.1 Å². The first-order valence-corrected chi connectivity index (χ1v) is 10.9. The lowest BCUT2D eigenvalue weighted by molar-refractivity contribution is -0.138. The van der Waals surface area contributed by atoms with Gasteiger partial charge in [0, 0.05) is 29.7 Å². The molecular formula is C23H24F3N5O. The van der Waals surface area contributed by atoms with Crippen molar-refractivity contribution in [2.24, 2.45) is 0 Å². The van der Waals surface area contributed by atoms with Crippen LogP contribution in [-0.4, -0.2) is 28.3 Å². The summed E-state index contributed by atoms with van der Waals surface area (Å²) >= 11 is 0. The van der Waals surface area contributed by atoms with Gasteiger partial charge in [0.25, 0.3) is 0 Å². The Balaban J connectivity index is 1.33. The van der Waals surface area contributed by atoms with E-state index in [4.69, 9.17) is 0 Å². The van der Waals surface area contributed by atoms with Gasteiger partial charge in [0.05, 0.1) is 23.0 Å². The maximum Gasteiger partial charge on any atom is 0.416 e. The van der Waals surface area contributed by atoms with E-state index < -0.39 is 17.8 Å². The molecule has 6 nitrogen and oxygen atoms in total. The van der Waals surface area contributed by atoms with Crippen LogP contribution in [0.3, 0.4) is 0 Å². The van der Waals surface area contributed by atoms with Gasteiger partial charge in [0.2, 0.25) is 0 Å². The predicted molar refractivity (Wildman–Crippen MR) is 117 cm³/mol. The first-order chi connectivity index (χ1) is 15.4. The molecule has 3 aromatic rings. The summed E-state index contributed by atoms with van der Waals surface area (Å²) in [6, 6.07) is 9.85. The molecular weight excluding hydrogens is 419 g/mol. The molecule has 1 aromatic heterocycles. The predicted octanol–water partition coefficient (Wildman–Crippen LogP) is 5.42. The van der Waals surface area contributed by atoms with Gasteiger partial charge in [0.1, 0.15) is 0 Å². The van der Waals surface area contributed by atoms with Gasteiger partial charge in [0.15, 0.2) is 0 Å². The second kappa shape index (κ2) is 8.03. The summed E-state index contributed by atoms with van der Waals surface area (Å²) in [4.78, 5) is 14.6. The van der Waals surface area contributed by atoms with Crippen molar-refractivity contribution in [2.45, 2.75) is 56.9 Å². The van der Waals surface area contributed by atoms with Crippen LogP contribution >= 0.6 is 0 Å². The molecule has 2 amide bonds. The molecule has 3 N–H and O–H groups in total. The van der Waals surface area contributed by atoms with Crippen molar-refractivity contribution in [3.05, 3.63) is 53.7 Å². The van der Waals surface area contributed by atoms with E-state index in [9.17, 15) is 18.0 Å². The molecule has 2 atom stereocenters. The van der Waals surface area contributed by atoms with Crippen LogP contribution in [0.4, 0.5) is 29.3 Å². The first-order valence-electron chi connectivity index (χ1n) is 10.9. The number of anilines is 2. The minimum atomic E-state index is -4.50. The Hall–Kier alpha value is -3.23. The van der Waals surface area contributed by atoms with Gasteiger partial charge in [-0.05, 0) is 61.9 Å². The van der Waals surface area contributed by atoms with Crippen molar-refractivity contribution in [3.63, 3.8) is 0 Å². The van der Waals surface area contributed by atoms with E-state index >= 15 is 0 Å². The van der Waals surface area contributed by atoms with Crippen LogP contribution < -0.4 is 15.5 Å². The molecule has 9 heteroatoms. The number of hydrogen-bond donors (Lipinski definition) is 3. The quantitative estimate of drug-likeness (QED) is 0.504. The third kappa shape index (κ3) is 3.87. The number of aromatic amines is 1. The van der Waals surface area contributed by atoms with E-state index in [0.717, 1.165) is 43.0 Å². The van der Waals surface area contributed by atoms with Crippen LogP contribution in [0.2, 0.25) is 0 Å². The van der Waals surface area contributed by atoms with Crippen LogP contribution in [0, 0.1) is 0 Å². The molecule has 0 spiro atoms. The first kappa shape index (κ1) is 20.7. The number of nitrogens with zero attached hydrogens (tertiary/aromatic N) is 2. The monoisotopic (exact) mass is 443 g/mol. The minimum absolute atomic E-state index is 0.0438. The second-order valence-corrected chi connectivity index (χ2v) is 8.51. The molecule has 5 rings (SSSR count). The largest absolute Gasteiger partial charge is 0.416 e. The van der Waals surface area contributed by atoms with E-state index in [0.29, 0.717) is 23.5 Å².